The van der Waals surface area contributed by atoms with Crippen LogP contribution in [0.1, 0.15) is 5.56 Å². The molecule has 26 heavy (non-hydrogen) atoms. The molecule has 0 amide bonds. The van der Waals surface area contributed by atoms with Crippen molar-refractivity contribution in [2.24, 2.45) is 0 Å². The molecule has 0 saturated carbocycles. The third-order valence-corrected chi connectivity index (χ3v) is 3.52. The Hall–Kier alpha value is -3.75. The first kappa shape index (κ1) is 17.1. The van der Waals surface area contributed by atoms with Gasteiger partial charge in [-0.2, -0.15) is 0 Å². The molecule has 0 fully saturated rings. The monoisotopic (exact) mass is 352 g/mol. The molecule has 3 aromatic rings. The minimum absolute atomic E-state index is 0.0405. The summed E-state index contributed by atoms with van der Waals surface area (Å²) in [5.41, 5.74) is 1.24. The number of rotatable bonds is 6. The van der Waals surface area contributed by atoms with Gasteiger partial charge in [0, 0.05) is 6.20 Å². The van der Waals surface area contributed by atoms with Crippen molar-refractivity contribution in [3.8, 4) is 5.75 Å². The van der Waals surface area contributed by atoms with Gasteiger partial charge in [-0.05, 0) is 30.7 Å². The number of anilines is 4. The Bertz CT molecular complexity index is 930. The zero-order valence-electron chi connectivity index (χ0n) is 14.1. The van der Waals surface area contributed by atoms with Crippen molar-refractivity contribution >= 4 is 28.8 Å². The van der Waals surface area contributed by atoms with E-state index in [1.807, 2.05) is 13.0 Å². The van der Waals surface area contributed by atoms with Crippen molar-refractivity contribution in [2.45, 2.75) is 6.92 Å². The number of nitrogens with zero attached hydrogens (tertiary/aromatic N) is 4. The molecule has 0 radical (unpaired) electrons. The lowest BCUT2D eigenvalue weighted by Gasteiger charge is -2.12. The molecule has 0 atom stereocenters. The standard InChI is InChI=1S/C17H16N6O3/c1-11-7-8-14(18-9-11)22-17-15(23(24)25)16(19-10-20-17)21-12-5-3-4-6-13(12)26-2/h3-10H,1-2H3,(H2,18,19,20,21,22). The highest BCUT2D eigenvalue weighted by molar-refractivity contribution is 5.77. The van der Waals surface area contributed by atoms with E-state index >= 15 is 0 Å². The quantitative estimate of drug-likeness (QED) is 0.511. The van der Waals surface area contributed by atoms with Gasteiger partial charge in [-0.1, -0.05) is 18.2 Å². The molecule has 0 spiro atoms. The van der Waals surface area contributed by atoms with Crippen molar-refractivity contribution in [3.63, 3.8) is 0 Å². The number of aromatic nitrogens is 3. The Morgan fingerprint density at radius 1 is 1.04 bits per heavy atom. The van der Waals surface area contributed by atoms with Gasteiger partial charge in [0.1, 0.15) is 17.9 Å². The largest absolute Gasteiger partial charge is 0.495 e. The van der Waals surface area contributed by atoms with Crippen molar-refractivity contribution in [2.75, 3.05) is 17.7 Å². The molecule has 0 bridgehead atoms. The smallest absolute Gasteiger partial charge is 0.353 e. The fourth-order valence-electron chi connectivity index (χ4n) is 2.27. The fourth-order valence-corrected chi connectivity index (χ4v) is 2.27. The van der Waals surface area contributed by atoms with Gasteiger partial charge < -0.3 is 15.4 Å². The van der Waals surface area contributed by atoms with Gasteiger partial charge in [-0.15, -0.1) is 0 Å². The molecule has 0 saturated heterocycles. The zero-order chi connectivity index (χ0) is 18.5. The molecule has 132 valence electrons. The molecular weight excluding hydrogens is 336 g/mol. The first-order valence-electron chi connectivity index (χ1n) is 7.67. The maximum absolute atomic E-state index is 11.6. The molecule has 9 nitrogen and oxygen atoms in total. The van der Waals surface area contributed by atoms with E-state index in [1.54, 1.807) is 36.5 Å². The summed E-state index contributed by atoms with van der Waals surface area (Å²) < 4.78 is 5.25. The highest BCUT2D eigenvalue weighted by Crippen LogP contribution is 2.34. The maximum Gasteiger partial charge on any atom is 0.353 e. The number of methoxy groups -OCH3 is 1. The van der Waals surface area contributed by atoms with Gasteiger partial charge in [0.05, 0.1) is 17.7 Å². The topological polar surface area (TPSA) is 115 Å². The van der Waals surface area contributed by atoms with Crippen LogP contribution in [-0.4, -0.2) is 27.0 Å². The van der Waals surface area contributed by atoms with E-state index in [0.717, 1.165) is 5.56 Å². The molecule has 1 aromatic carbocycles. The molecule has 0 aliphatic carbocycles. The lowest BCUT2D eigenvalue weighted by atomic mass is 10.3. The van der Waals surface area contributed by atoms with E-state index in [1.165, 1.54) is 13.4 Å². The Balaban J connectivity index is 1.98. The van der Waals surface area contributed by atoms with Crippen LogP contribution in [0.25, 0.3) is 0 Å². The van der Waals surface area contributed by atoms with Crippen LogP contribution in [0.15, 0.2) is 48.9 Å². The SMILES string of the molecule is COc1ccccc1Nc1ncnc(Nc2ccc(C)cn2)c1[N+](=O)[O-]. The number of para-hydroxylation sites is 2. The van der Waals surface area contributed by atoms with Gasteiger partial charge in [0.2, 0.25) is 11.6 Å². The summed E-state index contributed by atoms with van der Waals surface area (Å²) in [5, 5.41) is 17.4. The van der Waals surface area contributed by atoms with E-state index < -0.39 is 4.92 Å². The van der Waals surface area contributed by atoms with Gasteiger partial charge in [-0.3, -0.25) is 10.1 Å². The summed E-state index contributed by atoms with van der Waals surface area (Å²) in [6.45, 7) is 1.90. The Kier molecular flexibility index (Phi) is 4.88. The van der Waals surface area contributed by atoms with E-state index in [4.69, 9.17) is 4.74 Å². The summed E-state index contributed by atoms with van der Waals surface area (Å²) in [4.78, 5) is 23.3. The minimum Gasteiger partial charge on any atom is -0.495 e. The Morgan fingerprint density at radius 3 is 2.42 bits per heavy atom. The molecule has 0 aliphatic rings. The van der Waals surface area contributed by atoms with Crippen LogP contribution < -0.4 is 15.4 Å². The van der Waals surface area contributed by atoms with Crippen molar-refractivity contribution in [1.29, 1.82) is 0 Å². The first-order chi connectivity index (χ1) is 12.6. The molecule has 0 aliphatic heterocycles. The second-order valence-electron chi connectivity index (χ2n) is 5.35. The number of hydrogen-bond donors (Lipinski definition) is 2. The van der Waals surface area contributed by atoms with Crippen molar-refractivity contribution in [1.82, 2.24) is 15.0 Å². The van der Waals surface area contributed by atoms with Crippen LogP contribution >= 0.6 is 0 Å². The highest BCUT2D eigenvalue weighted by Gasteiger charge is 2.24. The van der Waals surface area contributed by atoms with E-state index in [2.05, 4.69) is 25.6 Å². The average molecular weight is 352 g/mol. The number of hydrogen-bond acceptors (Lipinski definition) is 8. The molecule has 9 heteroatoms. The van der Waals surface area contributed by atoms with E-state index in [9.17, 15) is 10.1 Å². The van der Waals surface area contributed by atoms with Crippen molar-refractivity contribution in [3.05, 3.63) is 64.6 Å². The lowest BCUT2D eigenvalue weighted by molar-refractivity contribution is -0.383. The van der Waals surface area contributed by atoms with Gasteiger partial charge in [0.15, 0.2) is 0 Å². The molecule has 2 N–H and O–H groups in total. The summed E-state index contributed by atoms with van der Waals surface area (Å²) in [5.74, 6) is 1.07. The average Bonchev–Trinajstić information content (AvgIpc) is 2.64. The van der Waals surface area contributed by atoms with E-state index in [0.29, 0.717) is 17.3 Å². The van der Waals surface area contributed by atoms with Crippen LogP contribution in [0, 0.1) is 17.0 Å². The summed E-state index contributed by atoms with van der Waals surface area (Å²) in [6.07, 6.45) is 2.89. The van der Waals surface area contributed by atoms with Crippen LogP contribution in [0.3, 0.4) is 0 Å². The zero-order valence-corrected chi connectivity index (χ0v) is 14.1. The predicted molar refractivity (Wildman–Crippen MR) is 97.2 cm³/mol. The lowest BCUT2D eigenvalue weighted by Crippen LogP contribution is -2.06. The maximum atomic E-state index is 11.6. The molecule has 2 heterocycles. The fraction of sp³-hybridized carbons (Fsp3) is 0.118. The van der Waals surface area contributed by atoms with Crippen LogP contribution in [0.2, 0.25) is 0 Å². The number of aryl methyl sites for hydroxylation is 1. The Labute approximate surface area is 149 Å². The molecule has 3 rings (SSSR count). The third kappa shape index (κ3) is 3.66. The van der Waals surface area contributed by atoms with Gasteiger partial charge in [-0.25, -0.2) is 15.0 Å². The van der Waals surface area contributed by atoms with Crippen molar-refractivity contribution < 1.29 is 9.66 Å². The van der Waals surface area contributed by atoms with Crippen LogP contribution in [0.4, 0.5) is 28.8 Å². The van der Waals surface area contributed by atoms with E-state index in [-0.39, 0.29) is 17.3 Å². The normalized spacial score (nSPS) is 10.2. The predicted octanol–water partition coefficient (Wildman–Crippen LogP) is 3.58. The summed E-state index contributed by atoms with van der Waals surface area (Å²) in [6, 6.07) is 10.6. The van der Waals surface area contributed by atoms with Gasteiger partial charge in [0.25, 0.3) is 0 Å². The summed E-state index contributed by atoms with van der Waals surface area (Å²) >= 11 is 0. The number of ether oxygens (including phenoxy) is 1. The van der Waals surface area contributed by atoms with Crippen LogP contribution in [-0.2, 0) is 0 Å². The molecule has 0 unspecified atom stereocenters. The first-order valence-corrected chi connectivity index (χ1v) is 7.67. The number of benzene rings is 1. The Morgan fingerprint density at radius 2 is 1.77 bits per heavy atom. The molecular formula is C17H16N6O3. The number of nitrogens with one attached hydrogen (secondary N) is 2. The highest BCUT2D eigenvalue weighted by atomic mass is 16.6. The summed E-state index contributed by atoms with van der Waals surface area (Å²) in [7, 11) is 1.52. The van der Waals surface area contributed by atoms with Gasteiger partial charge >= 0.3 is 5.69 Å². The molecule has 2 aromatic heterocycles. The number of pyridine rings is 1. The second-order valence-corrected chi connectivity index (χ2v) is 5.35. The number of nitro groups is 1. The minimum atomic E-state index is -0.547. The van der Waals surface area contributed by atoms with Crippen LogP contribution in [0.5, 0.6) is 5.75 Å². The second kappa shape index (κ2) is 7.43. The third-order valence-electron chi connectivity index (χ3n) is 3.52.